The van der Waals surface area contributed by atoms with Crippen LogP contribution in [0.1, 0.15) is 0 Å². The van der Waals surface area contributed by atoms with Gasteiger partial charge in [-0.05, 0) is 0 Å². The molecule has 0 rings (SSSR count). The fourth-order valence-corrected chi connectivity index (χ4v) is 0. The van der Waals surface area contributed by atoms with Crippen LogP contribution in [0.4, 0.5) is 0 Å². The van der Waals surface area contributed by atoms with E-state index in [2.05, 4.69) is 0 Å². The Morgan fingerprint density at radius 3 is 1.00 bits per heavy atom. The van der Waals surface area contributed by atoms with Crippen LogP contribution in [-0.2, 0) is 0 Å². The molecule has 0 fully saturated rings. The third-order valence-corrected chi connectivity index (χ3v) is 0. The number of hydrogen-bond donors (Lipinski definition) is 0. The molecule has 0 aromatic heterocycles. The maximum absolute atomic E-state index is 4.96. The fourth-order valence-electron chi connectivity index (χ4n) is 0. The molecular formula is H2BrCl3I2. The van der Waals surface area contributed by atoms with Gasteiger partial charge in [0.15, 0.2) is 0 Å². The summed E-state index contributed by atoms with van der Waals surface area (Å²) in [7, 11) is 14.9. The summed E-state index contributed by atoms with van der Waals surface area (Å²) in [5, 5.41) is 0. The minimum absolute atomic E-state index is 0. The average molecular weight is 442 g/mol. The Balaban J connectivity index is -0.0000000450. The van der Waals surface area contributed by atoms with Crippen molar-refractivity contribution in [2.24, 2.45) is 0 Å². The van der Waals surface area contributed by atoms with Gasteiger partial charge in [0, 0.05) is 0 Å². The first-order valence-electron chi connectivity index (χ1n) is 0.429. The average Bonchev–Trinajstić information content (AvgIpc) is 0.811. The van der Waals surface area contributed by atoms with Gasteiger partial charge in [-0.15, -0.1) is 41.0 Å². The van der Waals surface area contributed by atoms with Gasteiger partial charge in [0.2, 0.25) is 0 Å². The SMILES string of the molecule is Br.ClI(Cl)Cl.I. The van der Waals surface area contributed by atoms with Crippen LogP contribution in [0.5, 0.6) is 0 Å². The van der Waals surface area contributed by atoms with E-state index in [0.717, 1.165) is 0 Å². The predicted molar refractivity (Wildman–Crippen MR) is 57.3 cm³/mol. The van der Waals surface area contributed by atoms with Crippen molar-refractivity contribution in [2.45, 2.75) is 0 Å². The summed E-state index contributed by atoms with van der Waals surface area (Å²) < 4.78 is 0. The summed E-state index contributed by atoms with van der Waals surface area (Å²) in [5.74, 6) is 0. The van der Waals surface area contributed by atoms with E-state index in [1.54, 1.807) is 0 Å². The Hall–Kier alpha value is 2.81. The molecule has 0 aliphatic rings. The molecule has 0 saturated carbocycles. The van der Waals surface area contributed by atoms with E-state index in [4.69, 9.17) is 26.7 Å². The van der Waals surface area contributed by atoms with Crippen LogP contribution < -0.4 is 0 Å². The minimum atomic E-state index is -1.85. The summed E-state index contributed by atoms with van der Waals surface area (Å²) in [5.41, 5.74) is 0. The second kappa shape index (κ2) is 10.7. The molecule has 0 spiro atoms. The molecule has 0 nitrogen and oxygen atoms in total. The quantitative estimate of drug-likeness (QED) is 0.495. The number of rotatable bonds is 0. The van der Waals surface area contributed by atoms with Crippen LogP contribution in [0, 0.1) is 0 Å². The van der Waals surface area contributed by atoms with Gasteiger partial charge in [-0.3, -0.25) is 0 Å². The van der Waals surface area contributed by atoms with Crippen molar-refractivity contribution in [3.63, 3.8) is 0 Å². The summed E-state index contributed by atoms with van der Waals surface area (Å²) in [6.07, 6.45) is 0. The van der Waals surface area contributed by atoms with Crippen LogP contribution in [-0.4, -0.2) is 0 Å². The maximum atomic E-state index is 4.96. The smallest absolute Gasteiger partial charge is 0.107 e. The van der Waals surface area contributed by atoms with Gasteiger partial charge in [0.25, 0.3) is 0 Å². The largest absolute Gasteiger partial charge is 0.107 e. The van der Waals surface area contributed by atoms with Crippen molar-refractivity contribution in [3.05, 3.63) is 0 Å². The van der Waals surface area contributed by atoms with E-state index in [1.165, 1.54) is 0 Å². The first-order valence-corrected chi connectivity index (χ1v) is 8.62. The van der Waals surface area contributed by atoms with E-state index in [1.807, 2.05) is 0 Å². The van der Waals surface area contributed by atoms with Crippen molar-refractivity contribution < 1.29 is 0 Å². The molecule has 0 aromatic rings. The third kappa shape index (κ3) is 29.1. The Bertz CT molecular complexity index is 13.5. The van der Waals surface area contributed by atoms with Crippen LogP contribution in [0.25, 0.3) is 0 Å². The zero-order chi connectivity index (χ0) is 3.58. The molecule has 6 heteroatoms. The second-order valence-electron chi connectivity index (χ2n) is 0.162. The molecule has 0 amide bonds. The third-order valence-electron chi connectivity index (χ3n) is 0. The summed E-state index contributed by atoms with van der Waals surface area (Å²) in [6, 6.07) is 0. The van der Waals surface area contributed by atoms with Gasteiger partial charge in [0.05, 0.1) is 0 Å². The Kier molecular flexibility index (Phi) is 28.5. The monoisotopic (exact) mass is 440 g/mol. The molecule has 0 N–H and O–H groups in total. The summed E-state index contributed by atoms with van der Waals surface area (Å²) in [4.78, 5) is 0. The van der Waals surface area contributed by atoms with Crippen LogP contribution in [0.15, 0.2) is 0 Å². The molecule has 44 valence electrons. The first-order chi connectivity index (χ1) is 1.73. The van der Waals surface area contributed by atoms with Crippen LogP contribution >= 0.6 is 84.1 Å². The van der Waals surface area contributed by atoms with Crippen molar-refractivity contribution in [2.75, 3.05) is 0 Å². The van der Waals surface area contributed by atoms with Crippen molar-refractivity contribution in [1.82, 2.24) is 0 Å². The van der Waals surface area contributed by atoms with Crippen molar-refractivity contribution in [1.29, 1.82) is 0 Å². The standard InChI is InChI=1S/BrH.Cl3I.HI/c;1-4(2)3;/h1H;;1H. The van der Waals surface area contributed by atoms with E-state index in [-0.39, 0.29) is 41.0 Å². The van der Waals surface area contributed by atoms with Crippen molar-refractivity contribution >= 4 is 84.1 Å². The summed E-state index contributed by atoms with van der Waals surface area (Å²) in [6.45, 7) is 0. The molecule has 0 radical (unpaired) electrons. The van der Waals surface area contributed by atoms with Crippen molar-refractivity contribution in [3.8, 4) is 0 Å². The zero-order valence-corrected chi connectivity index (χ0v) is 10.8. The molecule has 0 atom stereocenters. The normalized spacial score (nSPS) is 7.50. The van der Waals surface area contributed by atoms with E-state index >= 15 is 0 Å². The Morgan fingerprint density at radius 2 is 1.00 bits per heavy atom. The summed E-state index contributed by atoms with van der Waals surface area (Å²) >= 11 is -1.85. The van der Waals surface area contributed by atoms with Gasteiger partial charge in [-0.1, -0.05) is 0 Å². The number of hydrogen-bond acceptors (Lipinski definition) is 0. The number of halogens is 6. The van der Waals surface area contributed by atoms with E-state index < -0.39 is 16.4 Å². The molecule has 0 bridgehead atoms. The molecular weight excluding hydrogens is 440 g/mol. The first kappa shape index (κ1) is 15.9. The van der Waals surface area contributed by atoms with Crippen LogP contribution in [0.2, 0.25) is 0 Å². The Morgan fingerprint density at radius 1 is 1.00 bits per heavy atom. The topological polar surface area (TPSA) is 0 Å². The second-order valence-corrected chi connectivity index (χ2v) is 9.78. The molecule has 0 saturated heterocycles. The zero-order valence-electron chi connectivity index (χ0n) is 2.33. The van der Waals surface area contributed by atoms with Gasteiger partial charge in [-0.25, -0.2) is 0 Å². The molecule has 0 aliphatic carbocycles. The van der Waals surface area contributed by atoms with Gasteiger partial charge >= 0.3 is 43.2 Å². The molecule has 0 heterocycles. The predicted octanol–water partition coefficient (Wildman–Crippen LogP) is 4.15. The fraction of sp³-hybridized carbons (Fsp3) is 0. The molecule has 6 heavy (non-hydrogen) atoms. The van der Waals surface area contributed by atoms with Gasteiger partial charge in [0.1, 0.15) is 0 Å². The Labute approximate surface area is 82.6 Å². The van der Waals surface area contributed by atoms with Gasteiger partial charge in [-0.2, -0.15) is 0 Å². The van der Waals surface area contributed by atoms with E-state index in [9.17, 15) is 0 Å². The van der Waals surface area contributed by atoms with Gasteiger partial charge < -0.3 is 0 Å². The van der Waals surface area contributed by atoms with Crippen LogP contribution in [0.3, 0.4) is 0 Å². The van der Waals surface area contributed by atoms with E-state index in [0.29, 0.717) is 0 Å². The molecule has 0 aromatic carbocycles. The minimum Gasteiger partial charge on any atom is -0.107 e. The molecule has 0 unspecified atom stereocenters. The molecule has 0 aliphatic heterocycles. The maximum Gasteiger partial charge on any atom is -0.107 e.